The van der Waals surface area contributed by atoms with Crippen LogP contribution < -0.4 is 4.72 Å². The van der Waals surface area contributed by atoms with Crippen LogP contribution in [0.25, 0.3) is 0 Å². The Morgan fingerprint density at radius 1 is 1.56 bits per heavy atom. The second kappa shape index (κ2) is 5.27. The maximum absolute atomic E-state index is 13.3. The summed E-state index contributed by atoms with van der Waals surface area (Å²) in [4.78, 5) is -0.439. The van der Waals surface area contributed by atoms with E-state index in [9.17, 15) is 12.8 Å². The van der Waals surface area contributed by atoms with Crippen molar-refractivity contribution in [3.05, 3.63) is 40.1 Å². The molecule has 0 heterocycles. The molecular formula is C9H8BrClFNO2S. The molecule has 0 aliphatic rings. The number of nitrogens with one attached hydrogen (secondary N) is 1. The Kier molecular flexibility index (Phi) is 4.49. The molecule has 7 heteroatoms. The van der Waals surface area contributed by atoms with Crippen molar-refractivity contribution in [2.75, 3.05) is 6.54 Å². The highest BCUT2D eigenvalue weighted by Gasteiger charge is 2.18. The third-order valence-electron chi connectivity index (χ3n) is 1.64. The SMILES string of the molecule is C=C(Br)CNS(=O)(=O)c1ccc(Cl)cc1F. The molecule has 1 N–H and O–H groups in total. The zero-order valence-electron chi connectivity index (χ0n) is 8.00. The summed E-state index contributed by atoms with van der Waals surface area (Å²) in [6.45, 7) is 3.45. The second-order valence-corrected chi connectivity index (χ2v) is 6.21. The lowest BCUT2D eigenvalue weighted by Gasteiger charge is -2.06. The largest absolute Gasteiger partial charge is 0.243 e. The molecule has 0 aromatic heterocycles. The van der Waals surface area contributed by atoms with E-state index in [1.165, 1.54) is 6.07 Å². The lowest BCUT2D eigenvalue weighted by atomic mass is 10.3. The molecule has 0 unspecified atom stereocenters. The van der Waals surface area contributed by atoms with E-state index in [1.807, 2.05) is 0 Å². The van der Waals surface area contributed by atoms with Crippen LogP contribution in [0.4, 0.5) is 4.39 Å². The number of hydrogen-bond donors (Lipinski definition) is 1. The van der Waals surface area contributed by atoms with E-state index in [0.29, 0.717) is 4.48 Å². The molecule has 1 aromatic rings. The minimum Gasteiger partial charge on any atom is -0.207 e. The van der Waals surface area contributed by atoms with Crippen LogP contribution in [0.1, 0.15) is 0 Å². The van der Waals surface area contributed by atoms with Gasteiger partial charge in [-0.05, 0) is 18.2 Å². The van der Waals surface area contributed by atoms with Gasteiger partial charge in [-0.2, -0.15) is 0 Å². The maximum atomic E-state index is 13.3. The number of rotatable bonds is 4. The molecule has 0 saturated carbocycles. The van der Waals surface area contributed by atoms with Crippen molar-refractivity contribution in [3.8, 4) is 0 Å². The van der Waals surface area contributed by atoms with E-state index in [0.717, 1.165) is 12.1 Å². The Balaban J connectivity index is 3.03. The van der Waals surface area contributed by atoms with E-state index in [4.69, 9.17) is 11.6 Å². The Hall–Kier alpha value is -0.430. The van der Waals surface area contributed by atoms with Crippen LogP contribution in [0.3, 0.4) is 0 Å². The van der Waals surface area contributed by atoms with Crippen LogP contribution >= 0.6 is 27.5 Å². The highest BCUT2D eigenvalue weighted by molar-refractivity contribution is 9.11. The van der Waals surface area contributed by atoms with E-state index in [1.54, 1.807) is 0 Å². The fourth-order valence-corrected chi connectivity index (χ4v) is 2.51. The third kappa shape index (κ3) is 3.55. The number of benzene rings is 1. The van der Waals surface area contributed by atoms with Crippen LogP contribution in [0, 0.1) is 5.82 Å². The molecule has 1 aromatic carbocycles. The summed E-state index contributed by atoms with van der Waals surface area (Å²) in [7, 11) is -3.88. The van der Waals surface area contributed by atoms with Gasteiger partial charge < -0.3 is 0 Å². The van der Waals surface area contributed by atoms with E-state index in [-0.39, 0.29) is 11.6 Å². The van der Waals surface area contributed by atoms with Crippen LogP contribution in [0.5, 0.6) is 0 Å². The molecule has 3 nitrogen and oxygen atoms in total. The first-order valence-corrected chi connectivity index (χ1v) is 6.76. The van der Waals surface area contributed by atoms with Gasteiger partial charge in [-0.1, -0.05) is 34.1 Å². The molecule has 0 aliphatic carbocycles. The van der Waals surface area contributed by atoms with Crippen LogP contribution in [-0.2, 0) is 10.0 Å². The number of sulfonamides is 1. The second-order valence-electron chi connectivity index (χ2n) is 2.92. The van der Waals surface area contributed by atoms with Gasteiger partial charge in [-0.3, -0.25) is 0 Å². The van der Waals surface area contributed by atoms with Gasteiger partial charge in [-0.15, -0.1) is 0 Å². The quantitative estimate of drug-likeness (QED) is 0.923. The first-order valence-electron chi connectivity index (χ1n) is 4.11. The van der Waals surface area contributed by atoms with E-state index < -0.39 is 20.7 Å². The molecule has 0 radical (unpaired) electrons. The summed E-state index contributed by atoms with van der Waals surface area (Å²) in [5, 5.41) is 0.140. The van der Waals surface area contributed by atoms with Gasteiger partial charge in [0.15, 0.2) is 0 Å². The average molecular weight is 329 g/mol. The van der Waals surface area contributed by atoms with Crippen molar-refractivity contribution in [3.63, 3.8) is 0 Å². The maximum Gasteiger partial charge on any atom is 0.243 e. The predicted octanol–water partition coefficient (Wildman–Crippen LogP) is 2.67. The van der Waals surface area contributed by atoms with Crippen LogP contribution in [0.2, 0.25) is 5.02 Å². The average Bonchev–Trinajstić information content (AvgIpc) is 2.14. The van der Waals surface area contributed by atoms with E-state index in [2.05, 4.69) is 27.2 Å². The molecule has 0 amide bonds. The summed E-state index contributed by atoms with van der Waals surface area (Å²) in [5.41, 5.74) is 0. The normalized spacial score (nSPS) is 11.4. The minimum absolute atomic E-state index is 0.00952. The van der Waals surface area contributed by atoms with Gasteiger partial charge in [0.25, 0.3) is 0 Å². The molecule has 0 aliphatic heterocycles. The van der Waals surface area contributed by atoms with Crippen molar-refractivity contribution in [2.45, 2.75) is 4.90 Å². The van der Waals surface area contributed by atoms with Crippen LogP contribution in [0.15, 0.2) is 34.2 Å². The van der Waals surface area contributed by atoms with Gasteiger partial charge in [0.2, 0.25) is 10.0 Å². The standard InChI is InChI=1S/C9H8BrClFNO2S/c1-6(10)5-13-16(14,15)9-3-2-7(11)4-8(9)12/h2-4,13H,1,5H2. The van der Waals surface area contributed by atoms with Crippen molar-refractivity contribution in [2.24, 2.45) is 0 Å². The Bertz CT molecular complexity index is 518. The molecule has 0 atom stereocenters. The zero-order valence-corrected chi connectivity index (χ0v) is 11.2. The topological polar surface area (TPSA) is 46.2 Å². The highest BCUT2D eigenvalue weighted by atomic mass is 79.9. The van der Waals surface area contributed by atoms with Gasteiger partial charge in [0.1, 0.15) is 10.7 Å². The Labute approximate surface area is 106 Å². The molecule has 0 bridgehead atoms. The van der Waals surface area contributed by atoms with E-state index >= 15 is 0 Å². The Morgan fingerprint density at radius 2 is 2.19 bits per heavy atom. The molecule has 16 heavy (non-hydrogen) atoms. The van der Waals surface area contributed by atoms with Crippen molar-refractivity contribution < 1.29 is 12.8 Å². The van der Waals surface area contributed by atoms with Crippen LogP contribution in [-0.4, -0.2) is 15.0 Å². The Morgan fingerprint density at radius 3 is 2.69 bits per heavy atom. The smallest absolute Gasteiger partial charge is 0.207 e. The minimum atomic E-state index is -3.88. The fraction of sp³-hybridized carbons (Fsp3) is 0.111. The first-order chi connectivity index (χ1) is 7.33. The number of hydrogen-bond acceptors (Lipinski definition) is 2. The summed E-state index contributed by atoms with van der Waals surface area (Å²) in [6, 6.07) is 3.36. The molecule has 0 spiro atoms. The molecular weight excluding hydrogens is 321 g/mol. The monoisotopic (exact) mass is 327 g/mol. The zero-order chi connectivity index (χ0) is 12.3. The van der Waals surface area contributed by atoms with Crippen molar-refractivity contribution in [1.29, 1.82) is 0 Å². The van der Waals surface area contributed by atoms with Gasteiger partial charge >= 0.3 is 0 Å². The summed E-state index contributed by atoms with van der Waals surface area (Å²) in [5.74, 6) is -0.889. The third-order valence-corrected chi connectivity index (χ3v) is 3.59. The predicted molar refractivity (Wildman–Crippen MR) is 64.7 cm³/mol. The molecule has 0 fully saturated rings. The fourth-order valence-electron chi connectivity index (χ4n) is 0.944. The van der Waals surface area contributed by atoms with Gasteiger partial charge in [0, 0.05) is 16.0 Å². The first kappa shape index (κ1) is 13.6. The number of halogens is 3. The van der Waals surface area contributed by atoms with Gasteiger partial charge in [0.05, 0.1) is 0 Å². The highest BCUT2D eigenvalue weighted by Crippen LogP contribution is 2.18. The summed E-state index contributed by atoms with van der Waals surface area (Å²) >= 11 is 8.51. The molecule has 1 rings (SSSR count). The van der Waals surface area contributed by atoms with Crippen molar-refractivity contribution in [1.82, 2.24) is 4.72 Å². The lowest BCUT2D eigenvalue weighted by molar-refractivity contribution is 0.559. The lowest BCUT2D eigenvalue weighted by Crippen LogP contribution is -2.25. The summed E-state index contributed by atoms with van der Waals surface area (Å²) in [6.07, 6.45) is 0. The van der Waals surface area contributed by atoms with Gasteiger partial charge in [-0.25, -0.2) is 17.5 Å². The summed E-state index contributed by atoms with van der Waals surface area (Å²) < 4.78 is 39.2. The van der Waals surface area contributed by atoms with Crippen molar-refractivity contribution >= 4 is 37.6 Å². The molecule has 0 saturated heterocycles. The molecule has 88 valence electrons.